The third-order valence-corrected chi connectivity index (χ3v) is 4.72. The maximum absolute atomic E-state index is 4.17. The molecule has 1 saturated heterocycles. The molecule has 2 heteroatoms. The molecule has 2 fully saturated rings. The first kappa shape index (κ1) is 12.0. The Morgan fingerprint density at radius 3 is 2.62 bits per heavy atom. The van der Waals surface area contributed by atoms with Crippen LogP contribution in [0.1, 0.15) is 40.0 Å². The van der Waals surface area contributed by atoms with E-state index in [4.69, 9.17) is 0 Å². The minimum atomic E-state index is 0.197. The van der Waals surface area contributed by atoms with Crippen molar-refractivity contribution < 1.29 is 0 Å². The zero-order valence-corrected chi connectivity index (χ0v) is 11.2. The zero-order chi connectivity index (χ0) is 11.9. The predicted molar refractivity (Wildman–Crippen MR) is 69.0 cm³/mol. The Bertz CT molecular complexity index is 284. The molecule has 1 saturated carbocycles. The molecule has 0 amide bonds. The summed E-state index contributed by atoms with van der Waals surface area (Å²) < 4.78 is 0. The first-order chi connectivity index (χ1) is 7.47. The largest absolute Gasteiger partial charge is 0.359 e. The molecule has 1 aliphatic heterocycles. The van der Waals surface area contributed by atoms with Gasteiger partial charge in [-0.25, -0.2) is 0 Å². The standard InChI is InChI=1S/C14H26N2/c1-10(2)13-7-6-11(3)8-14(13)15-9-12(4)16(14)5/h10-11,13,15H,4,6-9H2,1-3,5H3. The molecule has 0 aromatic carbocycles. The SMILES string of the molecule is C=C1CNC2(CC(C)CCC2C(C)C)N1C. The lowest BCUT2D eigenvalue weighted by molar-refractivity contribution is 0.00131. The van der Waals surface area contributed by atoms with Crippen molar-refractivity contribution in [1.29, 1.82) is 0 Å². The van der Waals surface area contributed by atoms with Crippen molar-refractivity contribution in [3.05, 3.63) is 12.3 Å². The van der Waals surface area contributed by atoms with Gasteiger partial charge in [0.25, 0.3) is 0 Å². The number of hydrogen-bond donors (Lipinski definition) is 1. The van der Waals surface area contributed by atoms with Gasteiger partial charge in [0.2, 0.25) is 0 Å². The van der Waals surface area contributed by atoms with E-state index < -0.39 is 0 Å². The molecule has 92 valence electrons. The highest BCUT2D eigenvalue weighted by Gasteiger charge is 2.50. The fourth-order valence-corrected chi connectivity index (χ4v) is 3.74. The summed E-state index contributed by atoms with van der Waals surface area (Å²) >= 11 is 0. The van der Waals surface area contributed by atoms with Crippen LogP contribution in [0.4, 0.5) is 0 Å². The van der Waals surface area contributed by atoms with E-state index in [0.717, 1.165) is 24.3 Å². The third kappa shape index (κ3) is 1.67. The fraction of sp³-hybridized carbons (Fsp3) is 0.857. The Morgan fingerprint density at radius 2 is 2.12 bits per heavy atom. The first-order valence-electron chi connectivity index (χ1n) is 6.64. The van der Waals surface area contributed by atoms with Gasteiger partial charge in [0, 0.05) is 19.3 Å². The molecule has 1 aliphatic carbocycles. The van der Waals surface area contributed by atoms with Crippen molar-refractivity contribution in [3.63, 3.8) is 0 Å². The molecule has 2 aliphatic rings. The van der Waals surface area contributed by atoms with E-state index in [2.05, 4.69) is 44.6 Å². The fourth-order valence-electron chi connectivity index (χ4n) is 3.74. The zero-order valence-electron chi connectivity index (χ0n) is 11.2. The van der Waals surface area contributed by atoms with E-state index >= 15 is 0 Å². The van der Waals surface area contributed by atoms with Crippen LogP contribution in [-0.4, -0.2) is 24.2 Å². The topological polar surface area (TPSA) is 15.3 Å². The van der Waals surface area contributed by atoms with Gasteiger partial charge in [0.15, 0.2) is 0 Å². The summed E-state index contributed by atoms with van der Waals surface area (Å²) in [7, 11) is 2.22. The minimum Gasteiger partial charge on any atom is -0.359 e. The second kappa shape index (κ2) is 4.06. The second-order valence-electron chi connectivity index (χ2n) is 6.14. The van der Waals surface area contributed by atoms with Crippen molar-refractivity contribution in [1.82, 2.24) is 10.2 Å². The molecule has 2 rings (SSSR count). The molecule has 0 aromatic heterocycles. The molecule has 1 N–H and O–H groups in total. The highest BCUT2D eigenvalue weighted by atomic mass is 15.4. The highest BCUT2D eigenvalue weighted by Crippen LogP contribution is 2.45. The average molecular weight is 222 g/mol. The van der Waals surface area contributed by atoms with Crippen molar-refractivity contribution in [2.75, 3.05) is 13.6 Å². The van der Waals surface area contributed by atoms with Crippen LogP contribution < -0.4 is 5.32 Å². The van der Waals surface area contributed by atoms with Gasteiger partial charge in [-0.3, -0.25) is 5.32 Å². The Balaban J connectivity index is 2.29. The van der Waals surface area contributed by atoms with E-state index in [1.807, 2.05) is 0 Å². The summed E-state index contributed by atoms with van der Waals surface area (Å²) in [6.07, 6.45) is 4.00. The third-order valence-electron chi connectivity index (χ3n) is 4.72. The molecule has 0 aromatic rings. The molecule has 3 atom stereocenters. The highest BCUT2D eigenvalue weighted by molar-refractivity contribution is 5.14. The lowest BCUT2D eigenvalue weighted by Crippen LogP contribution is -2.59. The van der Waals surface area contributed by atoms with Gasteiger partial charge in [-0.05, 0) is 30.6 Å². The molecule has 0 radical (unpaired) electrons. The number of hydrogen-bond acceptors (Lipinski definition) is 2. The van der Waals surface area contributed by atoms with Crippen LogP contribution in [0.25, 0.3) is 0 Å². The predicted octanol–water partition coefficient (Wildman–Crippen LogP) is 2.82. The summed E-state index contributed by atoms with van der Waals surface area (Å²) in [5.74, 6) is 2.33. The average Bonchev–Trinajstić information content (AvgIpc) is 2.47. The smallest absolute Gasteiger partial charge is 0.0939 e. The summed E-state index contributed by atoms with van der Waals surface area (Å²) in [4.78, 5) is 2.42. The Labute approximate surface area is 100 Å². The van der Waals surface area contributed by atoms with Crippen LogP contribution in [0.15, 0.2) is 12.3 Å². The van der Waals surface area contributed by atoms with Gasteiger partial charge in [-0.2, -0.15) is 0 Å². The van der Waals surface area contributed by atoms with Crippen LogP contribution in [-0.2, 0) is 0 Å². The van der Waals surface area contributed by atoms with Crippen LogP contribution in [0.5, 0.6) is 0 Å². The van der Waals surface area contributed by atoms with Crippen molar-refractivity contribution in [2.45, 2.75) is 45.7 Å². The Morgan fingerprint density at radius 1 is 1.44 bits per heavy atom. The molecular weight excluding hydrogens is 196 g/mol. The maximum Gasteiger partial charge on any atom is 0.0939 e. The summed E-state index contributed by atoms with van der Waals surface area (Å²) in [6, 6.07) is 0. The van der Waals surface area contributed by atoms with Gasteiger partial charge in [-0.1, -0.05) is 33.8 Å². The van der Waals surface area contributed by atoms with E-state index in [9.17, 15) is 0 Å². The molecule has 0 bridgehead atoms. The van der Waals surface area contributed by atoms with Crippen molar-refractivity contribution in [2.24, 2.45) is 17.8 Å². The van der Waals surface area contributed by atoms with Crippen molar-refractivity contribution in [3.8, 4) is 0 Å². The molecular formula is C14H26N2. The summed E-state index contributed by atoms with van der Waals surface area (Å²) in [5, 5.41) is 3.76. The maximum atomic E-state index is 4.17. The lowest BCUT2D eigenvalue weighted by atomic mass is 9.69. The monoisotopic (exact) mass is 222 g/mol. The minimum absolute atomic E-state index is 0.197. The van der Waals surface area contributed by atoms with E-state index in [-0.39, 0.29) is 5.66 Å². The van der Waals surface area contributed by atoms with Crippen molar-refractivity contribution >= 4 is 0 Å². The van der Waals surface area contributed by atoms with Gasteiger partial charge in [0.1, 0.15) is 0 Å². The molecule has 1 heterocycles. The molecule has 3 unspecified atom stereocenters. The van der Waals surface area contributed by atoms with Gasteiger partial charge in [-0.15, -0.1) is 0 Å². The summed E-state index contributed by atoms with van der Waals surface area (Å²) in [6.45, 7) is 12.2. The van der Waals surface area contributed by atoms with Gasteiger partial charge >= 0.3 is 0 Å². The Hall–Kier alpha value is -0.500. The van der Waals surface area contributed by atoms with Crippen LogP contribution in [0, 0.1) is 17.8 Å². The van der Waals surface area contributed by atoms with E-state index in [1.54, 1.807) is 0 Å². The van der Waals surface area contributed by atoms with Gasteiger partial charge in [0.05, 0.1) is 5.66 Å². The summed E-state index contributed by atoms with van der Waals surface area (Å²) in [5.41, 5.74) is 1.45. The number of nitrogens with one attached hydrogen (secondary N) is 1. The first-order valence-corrected chi connectivity index (χ1v) is 6.64. The van der Waals surface area contributed by atoms with Crippen LogP contribution in [0.3, 0.4) is 0 Å². The lowest BCUT2D eigenvalue weighted by Gasteiger charge is -2.50. The number of nitrogens with zero attached hydrogens (tertiary/aromatic N) is 1. The molecule has 1 spiro atoms. The van der Waals surface area contributed by atoms with E-state index in [0.29, 0.717) is 0 Å². The van der Waals surface area contributed by atoms with Gasteiger partial charge < -0.3 is 4.90 Å². The van der Waals surface area contributed by atoms with E-state index in [1.165, 1.54) is 25.0 Å². The number of likely N-dealkylation sites (N-methyl/N-ethyl adjacent to an activating group) is 1. The van der Waals surface area contributed by atoms with Crippen LogP contribution >= 0.6 is 0 Å². The number of rotatable bonds is 1. The second-order valence-corrected chi connectivity index (χ2v) is 6.14. The normalized spacial score (nSPS) is 40.1. The Kier molecular flexibility index (Phi) is 3.04. The molecule has 2 nitrogen and oxygen atoms in total. The molecule has 16 heavy (non-hydrogen) atoms. The quantitative estimate of drug-likeness (QED) is 0.734. The van der Waals surface area contributed by atoms with Crippen LogP contribution in [0.2, 0.25) is 0 Å².